The maximum Gasteiger partial charge on any atom is 0.408 e. The first-order chi connectivity index (χ1) is 41.9. The number of nitrogens with two attached hydrogens (primary N) is 1. The van der Waals surface area contributed by atoms with Crippen molar-refractivity contribution >= 4 is 59.2 Å². The van der Waals surface area contributed by atoms with Crippen LogP contribution in [0.4, 0.5) is 15.3 Å². The lowest BCUT2D eigenvalue weighted by Crippen LogP contribution is -2.59. The van der Waals surface area contributed by atoms with Gasteiger partial charge in [-0.05, 0) is 120 Å². The van der Waals surface area contributed by atoms with Crippen LogP contribution in [0.3, 0.4) is 0 Å². The molecular weight excluding hydrogens is 1140 g/mol. The predicted octanol–water partition coefficient (Wildman–Crippen LogP) is 6.35. The van der Waals surface area contributed by atoms with E-state index in [2.05, 4.69) is 31.9 Å². The highest BCUT2D eigenvalue weighted by Crippen LogP contribution is 2.30. The SMILES string of the molecule is CC[C@H](C)[C@@H]([C@@H](CC(=O)N1CCC[C@H]1[C@H](OC)[C@@H](C)C(=O)N[C@@H](Cc1ccccc1)C(=O)OC)OC)N(C)C(=O)[C@H](CC(C)C)NC(=O)[C@H](C(C)C)N(C)CCc1ccc(NC(=O)[C@H](CCCCNC(N)=O)NC(=O)[C@@H](NC(=O)OC(C)(C)C)C(C)C)cc1. The molecule has 0 spiro atoms. The molecule has 0 bridgehead atoms. The zero-order valence-corrected chi connectivity index (χ0v) is 56.2. The van der Waals surface area contributed by atoms with Crippen LogP contribution in [0.2, 0.25) is 0 Å². The highest BCUT2D eigenvalue weighted by Gasteiger charge is 2.44. The maximum atomic E-state index is 14.9. The fourth-order valence-electron chi connectivity index (χ4n) is 11.6. The van der Waals surface area contributed by atoms with Gasteiger partial charge in [0.2, 0.25) is 35.4 Å². The molecule has 0 radical (unpaired) electrons. The minimum Gasteiger partial charge on any atom is -0.467 e. The van der Waals surface area contributed by atoms with Crippen molar-refractivity contribution in [1.82, 2.24) is 41.3 Å². The number of unbranched alkanes of at least 4 members (excludes halogenated alkanes) is 1. The lowest BCUT2D eigenvalue weighted by molar-refractivity contribution is -0.148. The summed E-state index contributed by atoms with van der Waals surface area (Å²) < 4.78 is 22.6. The van der Waals surface area contributed by atoms with Gasteiger partial charge in [-0.3, -0.25) is 33.7 Å². The summed E-state index contributed by atoms with van der Waals surface area (Å²) in [5.74, 6) is -4.19. The Labute approximate surface area is 529 Å². The normalized spacial score (nSPS) is 16.8. The van der Waals surface area contributed by atoms with E-state index in [9.17, 15) is 43.2 Å². The third-order valence-electron chi connectivity index (χ3n) is 16.5. The molecule has 0 saturated carbocycles. The Morgan fingerprint density at radius 2 is 1.36 bits per heavy atom. The topological polar surface area (TPSA) is 298 Å². The number of esters is 1. The van der Waals surface area contributed by atoms with E-state index < -0.39 is 102 Å². The van der Waals surface area contributed by atoms with Crippen molar-refractivity contribution < 1.29 is 62.1 Å². The number of urea groups is 1. The molecule has 0 aromatic heterocycles. The van der Waals surface area contributed by atoms with Crippen molar-refractivity contribution in [2.75, 3.05) is 60.4 Å². The van der Waals surface area contributed by atoms with E-state index in [1.54, 1.807) is 70.5 Å². The molecule has 89 heavy (non-hydrogen) atoms. The molecule has 1 saturated heterocycles. The van der Waals surface area contributed by atoms with Crippen LogP contribution in [0.25, 0.3) is 0 Å². The highest BCUT2D eigenvalue weighted by atomic mass is 16.6. The predicted molar refractivity (Wildman–Crippen MR) is 343 cm³/mol. The number of rotatable bonds is 36. The Bertz CT molecular complexity index is 2580. The van der Waals surface area contributed by atoms with E-state index >= 15 is 0 Å². The summed E-state index contributed by atoms with van der Waals surface area (Å²) in [6, 6.07) is 10.5. The van der Waals surface area contributed by atoms with Crippen LogP contribution in [-0.4, -0.2) is 183 Å². The zero-order chi connectivity index (χ0) is 66.9. The molecule has 500 valence electrons. The van der Waals surface area contributed by atoms with E-state index in [1.807, 2.05) is 96.0 Å². The molecule has 2 aromatic carbocycles. The van der Waals surface area contributed by atoms with Gasteiger partial charge in [0.15, 0.2) is 0 Å². The molecule has 2 aromatic rings. The van der Waals surface area contributed by atoms with Gasteiger partial charge >= 0.3 is 18.1 Å². The van der Waals surface area contributed by atoms with Crippen molar-refractivity contribution in [2.24, 2.45) is 35.3 Å². The van der Waals surface area contributed by atoms with Crippen molar-refractivity contribution in [3.8, 4) is 0 Å². The number of ether oxygens (including phenoxy) is 4. The van der Waals surface area contributed by atoms with Gasteiger partial charge in [0.05, 0.1) is 49.8 Å². The second-order valence-corrected chi connectivity index (χ2v) is 25.9. The van der Waals surface area contributed by atoms with Crippen molar-refractivity contribution in [2.45, 2.75) is 207 Å². The van der Waals surface area contributed by atoms with Crippen LogP contribution in [-0.2, 0) is 65.4 Å². The van der Waals surface area contributed by atoms with Crippen LogP contribution >= 0.6 is 0 Å². The number of carbonyl (C=O) groups excluding carboxylic acids is 9. The number of hydrogen-bond donors (Lipinski definition) is 7. The Kier molecular flexibility index (Phi) is 32.1. The van der Waals surface area contributed by atoms with E-state index in [4.69, 9.17) is 24.7 Å². The summed E-state index contributed by atoms with van der Waals surface area (Å²) in [4.78, 5) is 128. The third-order valence-corrected chi connectivity index (χ3v) is 16.5. The molecule has 0 aliphatic carbocycles. The second kappa shape index (κ2) is 37.3. The monoisotopic (exact) mass is 1250 g/mol. The summed E-state index contributed by atoms with van der Waals surface area (Å²) in [6.07, 6.45) is 1.96. The molecular formula is C66H108N10O13. The molecule has 0 unspecified atom stereocenters. The van der Waals surface area contributed by atoms with Gasteiger partial charge in [-0.15, -0.1) is 0 Å². The Balaban J connectivity index is 1.75. The van der Waals surface area contributed by atoms with Crippen LogP contribution in [0, 0.1) is 29.6 Å². The first-order valence-electron chi connectivity index (χ1n) is 31.6. The Hall–Kier alpha value is -6.85. The molecule has 8 N–H and O–H groups in total. The number of alkyl carbamates (subject to hydrolysis) is 1. The summed E-state index contributed by atoms with van der Waals surface area (Å²) in [7, 11) is 7.90. The molecule has 23 nitrogen and oxygen atoms in total. The number of carbonyl (C=O) groups is 9. The number of nitrogens with one attached hydrogen (secondary N) is 6. The molecule has 1 fully saturated rings. The summed E-state index contributed by atoms with van der Waals surface area (Å²) >= 11 is 0. The number of primary amides is 1. The van der Waals surface area contributed by atoms with Crippen LogP contribution in [0.1, 0.15) is 146 Å². The largest absolute Gasteiger partial charge is 0.467 e. The number of anilines is 1. The number of hydrogen-bond acceptors (Lipinski definition) is 14. The van der Waals surface area contributed by atoms with Gasteiger partial charge in [-0.1, -0.05) is 111 Å². The van der Waals surface area contributed by atoms with Crippen LogP contribution < -0.4 is 37.6 Å². The smallest absolute Gasteiger partial charge is 0.408 e. The summed E-state index contributed by atoms with van der Waals surface area (Å²) in [5, 5.41) is 16.9. The first kappa shape index (κ1) is 76.4. The molecule has 1 aliphatic rings. The quantitative estimate of drug-likeness (QED) is 0.0289. The number of benzene rings is 2. The minimum absolute atomic E-state index is 0.0232. The molecule has 1 aliphatic heterocycles. The van der Waals surface area contributed by atoms with E-state index in [1.165, 1.54) is 21.3 Å². The van der Waals surface area contributed by atoms with Crippen molar-refractivity contribution in [3.63, 3.8) is 0 Å². The van der Waals surface area contributed by atoms with E-state index in [-0.39, 0.29) is 67.2 Å². The van der Waals surface area contributed by atoms with Crippen molar-refractivity contribution in [1.29, 1.82) is 0 Å². The van der Waals surface area contributed by atoms with Gasteiger partial charge in [0.1, 0.15) is 29.8 Å². The number of amides is 9. The van der Waals surface area contributed by atoms with Gasteiger partial charge in [-0.25, -0.2) is 14.4 Å². The average molecular weight is 1250 g/mol. The molecule has 1 heterocycles. The fourth-order valence-corrected chi connectivity index (χ4v) is 11.6. The van der Waals surface area contributed by atoms with Crippen LogP contribution in [0.5, 0.6) is 0 Å². The number of likely N-dealkylation sites (tertiary alicyclic amines) is 1. The molecule has 3 rings (SSSR count). The second-order valence-electron chi connectivity index (χ2n) is 25.9. The summed E-state index contributed by atoms with van der Waals surface area (Å²) in [6.45, 7) is 23.5. The van der Waals surface area contributed by atoms with Gasteiger partial charge in [-0.2, -0.15) is 0 Å². The van der Waals surface area contributed by atoms with E-state index in [0.717, 1.165) is 11.1 Å². The highest BCUT2D eigenvalue weighted by molar-refractivity contribution is 5.98. The lowest BCUT2D eigenvalue weighted by atomic mass is 9.89. The number of likely N-dealkylation sites (N-methyl/N-ethyl adjacent to an activating group) is 2. The summed E-state index contributed by atoms with van der Waals surface area (Å²) in [5.41, 5.74) is 6.68. The lowest BCUT2D eigenvalue weighted by Gasteiger charge is -2.41. The zero-order valence-electron chi connectivity index (χ0n) is 56.2. The third kappa shape index (κ3) is 24.8. The van der Waals surface area contributed by atoms with Gasteiger partial charge in [0.25, 0.3) is 0 Å². The van der Waals surface area contributed by atoms with E-state index in [0.29, 0.717) is 63.7 Å². The van der Waals surface area contributed by atoms with Crippen molar-refractivity contribution in [3.05, 3.63) is 65.7 Å². The molecule has 9 amide bonds. The molecule has 11 atom stereocenters. The fraction of sp³-hybridized carbons (Fsp3) is 0.682. The van der Waals surface area contributed by atoms with Gasteiger partial charge < -0.3 is 66.4 Å². The first-order valence-corrected chi connectivity index (χ1v) is 31.6. The molecule has 23 heteroatoms. The Morgan fingerprint density at radius 1 is 0.730 bits per heavy atom. The number of nitrogens with zero attached hydrogens (tertiary/aromatic N) is 3. The van der Waals surface area contributed by atoms with Crippen LogP contribution in [0.15, 0.2) is 54.6 Å². The maximum absolute atomic E-state index is 14.9. The number of methoxy groups -OCH3 is 3. The Morgan fingerprint density at radius 3 is 1.91 bits per heavy atom. The average Bonchev–Trinajstić information content (AvgIpc) is 2.32. The van der Waals surface area contributed by atoms with Gasteiger partial charge in [0, 0.05) is 53.0 Å². The standard InChI is InChI=1S/C66H108N10O13/c1-18-43(8)56(52(86-15)39-53(77)76-35-24-28-51(76)57(87-16)44(9)58(78)72-50(63(83)88-17)38-46-25-20-19-21-26-46)75(14)62(82)49(37-40(2)3)71-61(81)55(42(6)7)74(13)36-33-45-29-31-47(32-30-45)69-59(79)48(27-22-23-34-68-64(67)84)70-60(80)54(41(4)5)73-65(85)89-66(10,11)12/h19-21,25-26,29-32,40-44,48-52,54-57H,18,22-24,27-28,33-39H2,1-17H3,(H,69,79)(H,70,80)(H,71,81)(H,72,78)(H,73,85)(H3,67,68,84)/t43-,44+,48-,49-,50-,51-,52+,54-,55-,56-,57+/m0/s1. The minimum atomic E-state index is -0.996.